The van der Waals surface area contributed by atoms with E-state index in [0.717, 1.165) is 35.9 Å². The Bertz CT molecular complexity index is 596. The van der Waals surface area contributed by atoms with Crippen molar-refractivity contribution in [3.8, 4) is 0 Å². The molecule has 1 aromatic heterocycles. The first-order chi connectivity index (χ1) is 9.19. The molecule has 1 amide bonds. The van der Waals surface area contributed by atoms with Crippen LogP contribution in [-0.2, 0) is 4.79 Å². The minimum absolute atomic E-state index is 0.0786. The number of unbranched alkanes of at least 4 members (excludes halogenated alkanes) is 1. The summed E-state index contributed by atoms with van der Waals surface area (Å²) in [7, 11) is 0. The highest BCUT2D eigenvalue weighted by molar-refractivity contribution is 5.92. The maximum Gasteiger partial charge on any atom is 0.244 e. The fourth-order valence-electron chi connectivity index (χ4n) is 1.85. The van der Waals surface area contributed by atoms with Gasteiger partial charge in [-0.15, -0.1) is 0 Å². The van der Waals surface area contributed by atoms with Crippen LogP contribution >= 0.6 is 0 Å². The topological polar surface area (TPSA) is 42.2 Å². The van der Waals surface area contributed by atoms with E-state index in [0.29, 0.717) is 5.76 Å². The van der Waals surface area contributed by atoms with Crippen LogP contribution in [0.25, 0.3) is 17.0 Å². The summed E-state index contributed by atoms with van der Waals surface area (Å²) in [5.41, 5.74) is 2.01. The summed E-state index contributed by atoms with van der Waals surface area (Å²) in [4.78, 5) is 11.5. The molecule has 1 aromatic carbocycles. The van der Waals surface area contributed by atoms with Gasteiger partial charge in [0.1, 0.15) is 11.3 Å². The van der Waals surface area contributed by atoms with Crippen LogP contribution in [0.2, 0.25) is 0 Å². The number of hydrogen-bond donors (Lipinski definition) is 1. The third kappa shape index (κ3) is 3.71. The van der Waals surface area contributed by atoms with Crippen LogP contribution in [0.5, 0.6) is 0 Å². The molecular formula is C16H19NO2. The number of amides is 1. The van der Waals surface area contributed by atoms with Crippen molar-refractivity contribution in [3.63, 3.8) is 0 Å². The molecule has 0 radical (unpaired) electrons. The number of benzene rings is 1. The molecular weight excluding hydrogens is 238 g/mol. The van der Waals surface area contributed by atoms with E-state index in [9.17, 15) is 4.79 Å². The standard InChI is InChI=1S/C16H19NO2/c1-3-4-9-17-16(18)8-7-14-11-13-6-5-12(2)10-15(13)19-14/h5-8,10-11H,3-4,9H2,1-2H3,(H,17,18). The fourth-order valence-corrected chi connectivity index (χ4v) is 1.85. The zero-order valence-corrected chi connectivity index (χ0v) is 11.4. The third-order valence-corrected chi connectivity index (χ3v) is 2.92. The van der Waals surface area contributed by atoms with Gasteiger partial charge in [0.25, 0.3) is 0 Å². The van der Waals surface area contributed by atoms with Gasteiger partial charge in [0, 0.05) is 18.0 Å². The second-order valence-corrected chi connectivity index (χ2v) is 4.67. The van der Waals surface area contributed by atoms with E-state index >= 15 is 0 Å². The number of rotatable bonds is 5. The molecule has 3 heteroatoms. The lowest BCUT2D eigenvalue weighted by Gasteiger charge is -1.98. The maximum atomic E-state index is 11.5. The predicted octanol–water partition coefficient (Wildman–Crippen LogP) is 3.67. The van der Waals surface area contributed by atoms with Crippen LogP contribution in [0.4, 0.5) is 0 Å². The Balaban J connectivity index is 2.02. The molecule has 0 atom stereocenters. The van der Waals surface area contributed by atoms with Crippen molar-refractivity contribution >= 4 is 23.0 Å². The summed E-state index contributed by atoms with van der Waals surface area (Å²) in [5.74, 6) is 0.622. The summed E-state index contributed by atoms with van der Waals surface area (Å²) >= 11 is 0. The second kappa shape index (κ2) is 6.23. The van der Waals surface area contributed by atoms with Gasteiger partial charge in [-0.2, -0.15) is 0 Å². The molecule has 0 saturated heterocycles. The Kier molecular flexibility index (Phi) is 4.39. The van der Waals surface area contributed by atoms with Gasteiger partial charge in [-0.1, -0.05) is 25.5 Å². The summed E-state index contributed by atoms with van der Waals surface area (Å²) in [6.07, 6.45) is 5.30. The van der Waals surface area contributed by atoms with E-state index < -0.39 is 0 Å². The first-order valence-electron chi connectivity index (χ1n) is 6.65. The second-order valence-electron chi connectivity index (χ2n) is 4.67. The van der Waals surface area contributed by atoms with E-state index in [1.165, 1.54) is 6.08 Å². The van der Waals surface area contributed by atoms with Crippen LogP contribution in [0.15, 0.2) is 34.8 Å². The third-order valence-electron chi connectivity index (χ3n) is 2.92. The van der Waals surface area contributed by atoms with Gasteiger partial charge in [0.05, 0.1) is 0 Å². The molecule has 0 bridgehead atoms. The fraction of sp³-hybridized carbons (Fsp3) is 0.312. The summed E-state index contributed by atoms with van der Waals surface area (Å²) < 4.78 is 5.66. The van der Waals surface area contributed by atoms with Crippen molar-refractivity contribution in [2.45, 2.75) is 26.7 Å². The van der Waals surface area contributed by atoms with Gasteiger partial charge in [0.2, 0.25) is 5.91 Å². The zero-order valence-electron chi connectivity index (χ0n) is 11.4. The molecule has 0 unspecified atom stereocenters. The minimum Gasteiger partial charge on any atom is -0.457 e. The SMILES string of the molecule is CCCCNC(=O)C=Cc1cc2ccc(C)cc2o1. The van der Waals surface area contributed by atoms with Crippen molar-refractivity contribution in [1.82, 2.24) is 5.32 Å². The van der Waals surface area contributed by atoms with E-state index in [4.69, 9.17) is 4.42 Å². The Morgan fingerprint density at radius 3 is 3.00 bits per heavy atom. The van der Waals surface area contributed by atoms with Gasteiger partial charge < -0.3 is 9.73 Å². The van der Waals surface area contributed by atoms with E-state index in [-0.39, 0.29) is 5.91 Å². The molecule has 0 aliphatic carbocycles. The van der Waals surface area contributed by atoms with Crippen molar-refractivity contribution in [2.24, 2.45) is 0 Å². The summed E-state index contributed by atoms with van der Waals surface area (Å²) in [6.45, 7) is 4.84. The predicted molar refractivity (Wildman–Crippen MR) is 77.9 cm³/mol. The van der Waals surface area contributed by atoms with E-state index in [1.807, 2.05) is 31.2 Å². The Morgan fingerprint density at radius 1 is 1.37 bits per heavy atom. The number of fused-ring (bicyclic) bond motifs is 1. The molecule has 100 valence electrons. The minimum atomic E-state index is -0.0786. The number of hydrogen-bond acceptors (Lipinski definition) is 2. The molecule has 1 N–H and O–H groups in total. The summed E-state index contributed by atoms with van der Waals surface area (Å²) in [5, 5.41) is 3.88. The average Bonchev–Trinajstić information content (AvgIpc) is 2.78. The Hall–Kier alpha value is -2.03. The molecule has 0 aliphatic heterocycles. The molecule has 0 fully saturated rings. The molecule has 19 heavy (non-hydrogen) atoms. The van der Waals surface area contributed by atoms with Crippen LogP contribution < -0.4 is 5.32 Å². The van der Waals surface area contributed by atoms with Gasteiger partial charge in [-0.3, -0.25) is 4.79 Å². The van der Waals surface area contributed by atoms with Crippen LogP contribution in [-0.4, -0.2) is 12.5 Å². The van der Waals surface area contributed by atoms with Crippen molar-refractivity contribution < 1.29 is 9.21 Å². The van der Waals surface area contributed by atoms with Crippen LogP contribution in [0.1, 0.15) is 31.1 Å². The van der Waals surface area contributed by atoms with E-state index in [1.54, 1.807) is 6.08 Å². The molecule has 0 aliphatic rings. The summed E-state index contributed by atoms with van der Waals surface area (Å²) in [6, 6.07) is 7.99. The molecule has 1 heterocycles. The number of aryl methyl sites for hydroxylation is 1. The lowest BCUT2D eigenvalue weighted by molar-refractivity contribution is -0.116. The number of carbonyl (C=O) groups is 1. The lowest BCUT2D eigenvalue weighted by atomic mass is 10.2. The highest BCUT2D eigenvalue weighted by Crippen LogP contribution is 2.21. The number of nitrogens with one attached hydrogen (secondary N) is 1. The molecule has 3 nitrogen and oxygen atoms in total. The largest absolute Gasteiger partial charge is 0.457 e. The zero-order chi connectivity index (χ0) is 13.7. The first-order valence-corrected chi connectivity index (χ1v) is 6.65. The van der Waals surface area contributed by atoms with Gasteiger partial charge in [-0.05, 0) is 37.1 Å². The monoisotopic (exact) mass is 257 g/mol. The maximum absolute atomic E-state index is 11.5. The Morgan fingerprint density at radius 2 is 2.21 bits per heavy atom. The highest BCUT2D eigenvalue weighted by atomic mass is 16.3. The van der Waals surface area contributed by atoms with E-state index in [2.05, 4.69) is 12.2 Å². The molecule has 2 rings (SSSR count). The number of carbonyl (C=O) groups excluding carboxylic acids is 1. The first kappa shape index (κ1) is 13.4. The van der Waals surface area contributed by atoms with Gasteiger partial charge in [-0.25, -0.2) is 0 Å². The quantitative estimate of drug-likeness (QED) is 0.656. The van der Waals surface area contributed by atoms with Crippen LogP contribution in [0.3, 0.4) is 0 Å². The molecule has 0 saturated carbocycles. The highest BCUT2D eigenvalue weighted by Gasteiger charge is 2.01. The molecule has 2 aromatic rings. The average molecular weight is 257 g/mol. The van der Waals surface area contributed by atoms with Crippen molar-refractivity contribution in [3.05, 3.63) is 41.7 Å². The smallest absolute Gasteiger partial charge is 0.244 e. The van der Waals surface area contributed by atoms with Gasteiger partial charge in [0.15, 0.2) is 0 Å². The van der Waals surface area contributed by atoms with Gasteiger partial charge >= 0.3 is 0 Å². The lowest BCUT2D eigenvalue weighted by Crippen LogP contribution is -2.21. The normalized spacial score (nSPS) is 11.3. The van der Waals surface area contributed by atoms with Crippen LogP contribution in [0, 0.1) is 6.92 Å². The molecule has 0 spiro atoms. The van der Waals surface area contributed by atoms with Crippen molar-refractivity contribution in [2.75, 3.05) is 6.54 Å². The Labute approximate surface area is 113 Å². The number of furan rings is 1. The van der Waals surface area contributed by atoms with Crippen molar-refractivity contribution in [1.29, 1.82) is 0 Å².